The first-order valence-corrected chi connectivity index (χ1v) is 9.24. The summed E-state index contributed by atoms with van der Waals surface area (Å²) in [4.78, 5) is 37.8. The molecule has 27 heavy (non-hydrogen) atoms. The summed E-state index contributed by atoms with van der Waals surface area (Å²) in [6.45, 7) is 2.09. The fraction of sp³-hybridized carbons (Fsp3) is 0.316. The molecule has 2 heterocycles. The van der Waals surface area contributed by atoms with Gasteiger partial charge >= 0.3 is 5.97 Å². The van der Waals surface area contributed by atoms with Crippen molar-refractivity contribution in [3.05, 3.63) is 52.4 Å². The Hall–Kier alpha value is -2.61. The van der Waals surface area contributed by atoms with Crippen molar-refractivity contribution in [1.29, 1.82) is 0 Å². The highest BCUT2D eigenvalue weighted by Crippen LogP contribution is 2.22. The average molecular weight is 435 g/mol. The number of hydrogen-bond donors (Lipinski definition) is 1. The topological polar surface area (TPSA) is 88.8 Å². The fourth-order valence-corrected chi connectivity index (χ4v) is 3.09. The van der Waals surface area contributed by atoms with Gasteiger partial charge in [-0.25, -0.2) is 0 Å². The largest absolute Gasteiger partial charge is 0.467 e. The molecule has 3 rings (SSSR count). The van der Waals surface area contributed by atoms with E-state index in [1.807, 2.05) is 19.1 Å². The maximum Gasteiger partial charge on any atom is 0.311 e. The van der Waals surface area contributed by atoms with Crippen LogP contribution in [0.4, 0.5) is 5.69 Å². The smallest absolute Gasteiger partial charge is 0.311 e. The Balaban J connectivity index is 1.46. The first-order chi connectivity index (χ1) is 12.9. The Morgan fingerprint density at radius 3 is 2.89 bits per heavy atom. The van der Waals surface area contributed by atoms with Crippen molar-refractivity contribution in [2.75, 3.05) is 18.5 Å². The number of hydrogen-bond acceptors (Lipinski definition) is 5. The number of carbonyl (C=O) groups excluding carboxylic acids is 3. The summed E-state index contributed by atoms with van der Waals surface area (Å²) in [6, 6.07) is 8.90. The number of rotatable bonds is 6. The molecule has 1 aliphatic heterocycles. The Morgan fingerprint density at radius 1 is 1.37 bits per heavy atom. The molecule has 2 aromatic rings. The van der Waals surface area contributed by atoms with Gasteiger partial charge in [0.05, 0.1) is 18.7 Å². The van der Waals surface area contributed by atoms with Gasteiger partial charge in [-0.15, -0.1) is 0 Å². The van der Waals surface area contributed by atoms with Crippen LogP contribution in [0.2, 0.25) is 0 Å². The third kappa shape index (κ3) is 4.97. The first-order valence-electron chi connectivity index (χ1n) is 8.45. The second-order valence-corrected chi connectivity index (χ2v) is 7.23. The van der Waals surface area contributed by atoms with Gasteiger partial charge in [0.15, 0.2) is 6.61 Å². The van der Waals surface area contributed by atoms with Gasteiger partial charge in [-0.05, 0) is 42.8 Å². The number of esters is 1. The summed E-state index contributed by atoms with van der Waals surface area (Å²) in [5, 5.41) is 2.68. The molecule has 0 spiro atoms. The minimum absolute atomic E-state index is 0.0765. The minimum atomic E-state index is -0.574. The quantitative estimate of drug-likeness (QED) is 0.705. The van der Waals surface area contributed by atoms with Crippen molar-refractivity contribution in [2.24, 2.45) is 5.92 Å². The zero-order valence-electron chi connectivity index (χ0n) is 14.7. The third-order valence-electron chi connectivity index (χ3n) is 4.26. The van der Waals surface area contributed by atoms with Gasteiger partial charge in [0.2, 0.25) is 5.91 Å². The molecule has 1 N–H and O–H groups in total. The second kappa shape index (κ2) is 8.39. The van der Waals surface area contributed by atoms with Gasteiger partial charge in [-0.3, -0.25) is 14.4 Å². The first kappa shape index (κ1) is 19.2. The van der Waals surface area contributed by atoms with E-state index in [2.05, 4.69) is 21.2 Å². The predicted molar refractivity (Wildman–Crippen MR) is 101 cm³/mol. The number of carbonyl (C=O) groups is 3. The molecule has 0 radical (unpaired) electrons. The molecule has 2 amide bonds. The number of nitrogens with one attached hydrogen (secondary N) is 1. The van der Waals surface area contributed by atoms with Crippen LogP contribution in [0, 0.1) is 12.8 Å². The van der Waals surface area contributed by atoms with Crippen LogP contribution in [0.25, 0.3) is 0 Å². The molecule has 0 saturated carbocycles. The fourth-order valence-electron chi connectivity index (χ4n) is 2.85. The summed E-state index contributed by atoms with van der Waals surface area (Å²) in [7, 11) is 0. The Morgan fingerprint density at radius 2 is 2.19 bits per heavy atom. The SMILES string of the molecule is Cc1cc(NC(=O)COC(=O)[C@H]2CC(=O)N(Cc3ccco3)C2)ccc1Br. The Kier molecular flexibility index (Phi) is 5.95. The molecule has 1 saturated heterocycles. The molecule has 0 bridgehead atoms. The molecule has 1 aromatic heterocycles. The van der Waals surface area contributed by atoms with Crippen LogP contribution in [0.15, 0.2) is 45.5 Å². The standard InChI is InChI=1S/C19H19BrN2O5/c1-12-7-14(4-5-16(12)20)21-17(23)11-27-19(25)13-8-18(24)22(9-13)10-15-3-2-6-26-15/h2-7,13H,8-11H2,1H3,(H,21,23)/t13-/m0/s1. The molecular weight excluding hydrogens is 416 g/mol. The van der Waals surface area contributed by atoms with Crippen molar-refractivity contribution >= 4 is 39.4 Å². The summed E-state index contributed by atoms with van der Waals surface area (Å²) < 4.78 is 11.2. The molecule has 1 atom stereocenters. The number of ether oxygens (including phenoxy) is 1. The van der Waals surface area contributed by atoms with Crippen molar-refractivity contribution in [1.82, 2.24) is 4.90 Å². The highest BCUT2D eigenvalue weighted by molar-refractivity contribution is 9.10. The van der Waals surface area contributed by atoms with Gasteiger partial charge in [-0.2, -0.15) is 0 Å². The number of likely N-dealkylation sites (tertiary alicyclic amines) is 1. The van der Waals surface area contributed by atoms with E-state index in [-0.39, 0.29) is 18.9 Å². The van der Waals surface area contributed by atoms with E-state index in [4.69, 9.17) is 9.15 Å². The molecule has 0 unspecified atom stereocenters. The van der Waals surface area contributed by atoms with Crippen molar-refractivity contribution < 1.29 is 23.5 Å². The number of amides is 2. The Bertz CT molecular complexity index is 850. The van der Waals surface area contributed by atoms with Crippen LogP contribution in [0.1, 0.15) is 17.7 Å². The van der Waals surface area contributed by atoms with Crippen molar-refractivity contribution in [3.8, 4) is 0 Å². The van der Waals surface area contributed by atoms with Crippen LogP contribution >= 0.6 is 15.9 Å². The Labute approximate surface area is 164 Å². The lowest BCUT2D eigenvalue weighted by atomic mass is 10.1. The van der Waals surface area contributed by atoms with E-state index in [1.54, 1.807) is 23.1 Å². The average Bonchev–Trinajstić information content (AvgIpc) is 3.27. The zero-order valence-corrected chi connectivity index (χ0v) is 16.3. The van der Waals surface area contributed by atoms with Crippen LogP contribution in [0.3, 0.4) is 0 Å². The van der Waals surface area contributed by atoms with E-state index in [0.717, 1.165) is 10.0 Å². The number of anilines is 1. The molecular formula is C19H19BrN2O5. The molecule has 1 fully saturated rings. The lowest BCUT2D eigenvalue weighted by molar-refractivity contribution is -0.151. The van der Waals surface area contributed by atoms with Crippen LogP contribution in [-0.2, 0) is 25.7 Å². The summed E-state index contributed by atoms with van der Waals surface area (Å²) in [5.74, 6) is -1.03. The van der Waals surface area contributed by atoms with Crippen LogP contribution < -0.4 is 5.32 Å². The molecule has 7 nitrogen and oxygen atoms in total. The number of aryl methyl sites for hydroxylation is 1. The normalized spacial score (nSPS) is 16.4. The molecule has 0 aliphatic carbocycles. The highest BCUT2D eigenvalue weighted by atomic mass is 79.9. The summed E-state index contributed by atoms with van der Waals surface area (Å²) >= 11 is 3.39. The van der Waals surface area contributed by atoms with Gasteiger partial charge in [-0.1, -0.05) is 15.9 Å². The van der Waals surface area contributed by atoms with Gasteiger partial charge < -0.3 is 19.4 Å². The summed E-state index contributed by atoms with van der Waals surface area (Å²) in [5.41, 5.74) is 1.60. The minimum Gasteiger partial charge on any atom is -0.467 e. The highest BCUT2D eigenvalue weighted by Gasteiger charge is 2.35. The maximum atomic E-state index is 12.2. The molecule has 1 aliphatic rings. The van der Waals surface area contributed by atoms with E-state index in [1.165, 1.54) is 6.26 Å². The van der Waals surface area contributed by atoms with Gasteiger partial charge in [0.25, 0.3) is 5.91 Å². The van der Waals surface area contributed by atoms with Gasteiger partial charge in [0.1, 0.15) is 5.76 Å². The number of halogens is 1. The van der Waals surface area contributed by atoms with E-state index in [9.17, 15) is 14.4 Å². The lowest BCUT2D eigenvalue weighted by Crippen LogP contribution is -2.28. The maximum absolute atomic E-state index is 12.2. The van der Waals surface area contributed by atoms with Gasteiger partial charge in [0, 0.05) is 23.1 Å². The number of furan rings is 1. The van der Waals surface area contributed by atoms with Crippen LogP contribution in [-0.4, -0.2) is 35.8 Å². The number of benzene rings is 1. The van der Waals surface area contributed by atoms with Crippen molar-refractivity contribution in [2.45, 2.75) is 19.9 Å². The lowest BCUT2D eigenvalue weighted by Gasteiger charge is -2.14. The van der Waals surface area contributed by atoms with Crippen molar-refractivity contribution in [3.63, 3.8) is 0 Å². The summed E-state index contributed by atoms with van der Waals surface area (Å²) in [6.07, 6.45) is 1.61. The molecule has 1 aromatic carbocycles. The molecule has 142 valence electrons. The molecule has 8 heteroatoms. The second-order valence-electron chi connectivity index (χ2n) is 6.37. The predicted octanol–water partition coefficient (Wildman–Crippen LogP) is 2.88. The third-order valence-corrected chi connectivity index (χ3v) is 5.15. The van der Waals surface area contributed by atoms with E-state index >= 15 is 0 Å². The monoisotopic (exact) mass is 434 g/mol. The number of nitrogens with zero attached hydrogens (tertiary/aromatic N) is 1. The van der Waals surface area contributed by atoms with E-state index < -0.39 is 24.4 Å². The van der Waals surface area contributed by atoms with Crippen LogP contribution in [0.5, 0.6) is 0 Å². The van der Waals surface area contributed by atoms with E-state index in [0.29, 0.717) is 18.0 Å². The zero-order chi connectivity index (χ0) is 19.4.